The Morgan fingerprint density at radius 1 is 1.33 bits per heavy atom. The molecule has 0 fully saturated rings. The van der Waals surface area contributed by atoms with Gasteiger partial charge >= 0.3 is 0 Å². The molecule has 0 aliphatic rings. The molecule has 0 amide bonds. The number of Topliss-reactive ketones (excluding diaryl/α,β-unsaturated/α-hetero) is 1. The van der Waals surface area contributed by atoms with Crippen LogP contribution in [0.15, 0.2) is 47.1 Å². The number of benzene rings is 1. The van der Waals surface area contributed by atoms with E-state index in [9.17, 15) is 9.18 Å². The van der Waals surface area contributed by atoms with Crippen LogP contribution in [0.5, 0.6) is 0 Å². The molecular weight excluding hydrogens is 297 g/mol. The topological polar surface area (TPSA) is 20.9 Å². The summed E-state index contributed by atoms with van der Waals surface area (Å²) in [5.41, 5.74) is 1.50. The van der Waals surface area contributed by atoms with Crippen LogP contribution in [0.3, 0.4) is 0 Å². The lowest BCUT2D eigenvalue weighted by Crippen LogP contribution is -2.40. The number of carbonyl (C=O) groups is 1. The van der Waals surface area contributed by atoms with Crippen molar-refractivity contribution < 1.29 is 13.8 Å². The molecule has 1 aromatic heterocycles. The maximum atomic E-state index is 13.0. The SMILES string of the molecule is Cc1cccc[n+]1CC(=O)c1ccc(F)cc1Br. The standard InChI is InChI=1S/C14H12BrFNO/c1-10-4-2-3-7-17(10)9-14(18)12-6-5-11(16)8-13(12)15/h2-8H,9H2,1H3/q+1. The molecule has 0 unspecified atom stereocenters. The fourth-order valence-electron chi connectivity index (χ4n) is 1.69. The Kier molecular flexibility index (Phi) is 3.87. The Morgan fingerprint density at radius 2 is 2.11 bits per heavy atom. The molecule has 92 valence electrons. The van der Waals surface area contributed by atoms with Crippen molar-refractivity contribution in [2.45, 2.75) is 13.5 Å². The van der Waals surface area contributed by atoms with Gasteiger partial charge in [-0.05, 0) is 34.1 Å². The van der Waals surface area contributed by atoms with Gasteiger partial charge in [0, 0.05) is 29.1 Å². The first kappa shape index (κ1) is 12.9. The second-order valence-corrected chi connectivity index (χ2v) is 4.87. The number of halogens is 2. The van der Waals surface area contributed by atoms with Crippen LogP contribution in [0.25, 0.3) is 0 Å². The van der Waals surface area contributed by atoms with Gasteiger partial charge in [0.2, 0.25) is 12.3 Å². The molecule has 0 N–H and O–H groups in total. The summed E-state index contributed by atoms with van der Waals surface area (Å²) < 4.78 is 15.3. The van der Waals surface area contributed by atoms with E-state index in [1.165, 1.54) is 18.2 Å². The quantitative estimate of drug-likeness (QED) is 0.630. The van der Waals surface area contributed by atoms with Crippen LogP contribution in [-0.4, -0.2) is 5.78 Å². The van der Waals surface area contributed by atoms with Crippen molar-refractivity contribution in [3.05, 3.63) is 64.1 Å². The molecule has 2 aromatic rings. The third-order valence-corrected chi connectivity index (χ3v) is 3.37. The maximum Gasteiger partial charge on any atom is 0.228 e. The van der Waals surface area contributed by atoms with E-state index in [0.29, 0.717) is 10.0 Å². The first-order valence-corrected chi connectivity index (χ1v) is 6.30. The Bertz CT molecular complexity index is 598. The predicted molar refractivity (Wildman–Crippen MR) is 69.8 cm³/mol. The van der Waals surface area contributed by atoms with Gasteiger partial charge in [0.25, 0.3) is 0 Å². The van der Waals surface area contributed by atoms with Crippen molar-refractivity contribution in [3.63, 3.8) is 0 Å². The van der Waals surface area contributed by atoms with Gasteiger partial charge in [0.1, 0.15) is 5.82 Å². The molecular formula is C14H12BrFNO+. The number of rotatable bonds is 3. The Morgan fingerprint density at radius 3 is 2.78 bits per heavy atom. The van der Waals surface area contributed by atoms with E-state index in [1.807, 2.05) is 35.9 Å². The number of hydrogen-bond acceptors (Lipinski definition) is 1. The molecule has 2 rings (SSSR count). The molecule has 0 atom stereocenters. The number of hydrogen-bond donors (Lipinski definition) is 0. The largest absolute Gasteiger partial charge is 0.287 e. The number of nitrogens with zero attached hydrogens (tertiary/aromatic N) is 1. The van der Waals surface area contributed by atoms with Crippen LogP contribution >= 0.6 is 15.9 Å². The van der Waals surface area contributed by atoms with E-state index in [4.69, 9.17) is 0 Å². The van der Waals surface area contributed by atoms with Gasteiger partial charge < -0.3 is 0 Å². The summed E-state index contributed by atoms with van der Waals surface area (Å²) >= 11 is 3.21. The van der Waals surface area contributed by atoms with Crippen molar-refractivity contribution in [2.75, 3.05) is 0 Å². The van der Waals surface area contributed by atoms with Crippen LogP contribution in [0, 0.1) is 12.7 Å². The van der Waals surface area contributed by atoms with Crippen LogP contribution in [0.2, 0.25) is 0 Å². The van der Waals surface area contributed by atoms with E-state index in [-0.39, 0.29) is 18.1 Å². The molecule has 1 heterocycles. The molecule has 0 radical (unpaired) electrons. The highest BCUT2D eigenvalue weighted by molar-refractivity contribution is 9.10. The summed E-state index contributed by atoms with van der Waals surface area (Å²) in [6.07, 6.45) is 1.85. The molecule has 0 aliphatic carbocycles. The Labute approximate surface area is 113 Å². The molecule has 2 nitrogen and oxygen atoms in total. The van der Waals surface area contributed by atoms with Crippen LogP contribution in [0.4, 0.5) is 4.39 Å². The van der Waals surface area contributed by atoms with Crippen LogP contribution in [0.1, 0.15) is 16.1 Å². The lowest BCUT2D eigenvalue weighted by molar-refractivity contribution is -0.689. The predicted octanol–water partition coefficient (Wildman–Crippen LogP) is 3.07. The first-order valence-electron chi connectivity index (χ1n) is 5.51. The maximum absolute atomic E-state index is 13.0. The molecule has 0 aliphatic heterocycles. The van der Waals surface area contributed by atoms with Gasteiger partial charge in [-0.3, -0.25) is 4.79 Å². The van der Waals surface area contributed by atoms with Crippen molar-refractivity contribution in [1.29, 1.82) is 0 Å². The molecule has 0 spiro atoms. The third kappa shape index (κ3) is 2.82. The smallest absolute Gasteiger partial charge is 0.228 e. The minimum absolute atomic E-state index is 0.0545. The average Bonchev–Trinajstić information content (AvgIpc) is 2.32. The van der Waals surface area contributed by atoms with Gasteiger partial charge in [-0.15, -0.1) is 0 Å². The normalized spacial score (nSPS) is 10.4. The Balaban J connectivity index is 2.25. The van der Waals surface area contributed by atoms with Crippen molar-refractivity contribution in [1.82, 2.24) is 0 Å². The van der Waals surface area contributed by atoms with Crippen molar-refractivity contribution >= 4 is 21.7 Å². The second kappa shape index (κ2) is 5.40. The van der Waals surface area contributed by atoms with Gasteiger partial charge in [-0.1, -0.05) is 6.07 Å². The molecule has 0 saturated heterocycles. The summed E-state index contributed by atoms with van der Waals surface area (Å²) in [5, 5.41) is 0. The molecule has 0 bridgehead atoms. The minimum atomic E-state index is -0.359. The fourth-order valence-corrected chi connectivity index (χ4v) is 2.27. The van der Waals surface area contributed by atoms with Crippen molar-refractivity contribution in [2.24, 2.45) is 0 Å². The summed E-state index contributed by atoms with van der Waals surface area (Å²) in [7, 11) is 0. The third-order valence-electron chi connectivity index (χ3n) is 2.71. The lowest BCUT2D eigenvalue weighted by Gasteiger charge is -2.03. The highest BCUT2D eigenvalue weighted by Crippen LogP contribution is 2.18. The number of ketones is 1. The monoisotopic (exact) mass is 308 g/mol. The van der Waals surface area contributed by atoms with Gasteiger partial charge in [0.15, 0.2) is 11.9 Å². The number of pyridine rings is 1. The number of carbonyl (C=O) groups excluding carboxylic acids is 1. The highest BCUT2D eigenvalue weighted by Gasteiger charge is 2.16. The van der Waals surface area contributed by atoms with E-state index >= 15 is 0 Å². The molecule has 4 heteroatoms. The zero-order chi connectivity index (χ0) is 13.1. The summed E-state index contributed by atoms with van der Waals surface area (Å²) in [6, 6.07) is 9.83. The van der Waals surface area contributed by atoms with Crippen molar-refractivity contribution in [3.8, 4) is 0 Å². The van der Waals surface area contributed by atoms with Gasteiger partial charge in [-0.25, -0.2) is 4.39 Å². The van der Waals surface area contributed by atoms with Crippen LogP contribution in [-0.2, 0) is 6.54 Å². The second-order valence-electron chi connectivity index (χ2n) is 4.02. The highest BCUT2D eigenvalue weighted by atomic mass is 79.9. The zero-order valence-electron chi connectivity index (χ0n) is 9.86. The number of aromatic nitrogens is 1. The number of aryl methyl sites for hydroxylation is 1. The zero-order valence-corrected chi connectivity index (χ0v) is 11.4. The molecule has 18 heavy (non-hydrogen) atoms. The molecule has 1 aromatic carbocycles. The van der Waals surface area contributed by atoms with Gasteiger partial charge in [0.05, 0.1) is 0 Å². The average molecular weight is 309 g/mol. The van der Waals surface area contributed by atoms with E-state index in [1.54, 1.807) is 0 Å². The first-order chi connectivity index (χ1) is 8.58. The molecule has 0 saturated carbocycles. The summed E-state index contributed by atoms with van der Waals surface area (Å²) in [6.45, 7) is 2.18. The summed E-state index contributed by atoms with van der Waals surface area (Å²) in [4.78, 5) is 12.1. The lowest BCUT2D eigenvalue weighted by atomic mass is 10.1. The fraction of sp³-hybridized carbons (Fsp3) is 0.143. The van der Waals surface area contributed by atoms with E-state index in [0.717, 1.165) is 5.69 Å². The minimum Gasteiger partial charge on any atom is -0.287 e. The van der Waals surface area contributed by atoms with E-state index in [2.05, 4.69) is 15.9 Å². The van der Waals surface area contributed by atoms with Gasteiger partial charge in [-0.2, -0.15) is 4.57 Å². The van der Waals surface area contributed by atoms with E-state index < -0.39 is 0 Å². The van der Waals surface area contributed by atoms with Crippen LogP contribution < -0.4 is 4.57 Å². The summed E-state index contributed by atoms with van der Waals surface area (Å²) in [5.74, 6) is -0.414. The Hall–Kier alpha value is -1.55.